The van der Waals surface area contributed by atoms with Crippen LogP contribution in [0.2, 0.25) is 0 Å². The minimum absolute atomic E-state index is 0.538. The lowest BCUT2D eigenvalue weighted by Crippen LogP contribution is -2.40. The maximum absolute atomic E-state index is 5.47. The zero-order valence-corrected chi connectivity index (χ0v) is 15.2. The smallest absolute Gasteiger partial charge is 0.217 e. The largest absolute Gasteiger partial charge is 0.278 e. The van der Waals surface area contributed by atoms with Gasteiger partial charge in [-0.05, 0) is 44.8 Å². The standard InChI is InChI=1S/C18H26N4S/c1-12(2)14(4)21(16-9-10-16)11-22-18(23)19-17(20-22)15-7-5-13(3)6-8-15/h5-8,12,14,16H,9-11H2,1-4H3,(H,19,20,23)/t14-/m0/s1. The SMILES string of the molecule is Cc1ccc(-c2nc(=S)n(CN(C3CC3)[C@@H](C)C(C)C)[nH]2)cc1. The van der Waals surface area contributed by atoms with Crippen LogP contribution in [-0.2, 0) is 6.67 Å². The molecule has 23 heavy (non-hydrogen) atoms. The first-order chi connectivity index (χ1) is 11.0. The number of nitrogens with one attached hydrogen (secondary N) is 1. The summed E-state index contributed by atoms with van der Waals surface area (Å²) in [5.74, 6) is 1.48. The Morgan fingerprint density at radius 2 is 1.91 bits per heavy atom. The maximum Gasteiger partial charge on any atom is 0.217 e. The fourth-order valence-corrected chi connectivity index (χ4v) is 3.02. The van der Waals surface area contributed by atoms with Crippen molar-refractivity contribution in [1.82, 2.24) is 19.7 Å². The normalized spacial score (nSPS) is 16.3. The van der Waals surface area contributed by atoms with Crippen molar-refractivity contribution in [2.75, 3.05) is 0 Å². The van der Waals surface area contributed by atoms with E-state index < -0.39 is 0 Å². The van der Waals surface area contributed by atoms with Gasteiger partial charge in [-0.25, -0.2) is 4.68 Å². The van der Waals surface area contributed by atoms with Gasteiger partial charge in [0.1, 0.15) is 0 Å². The number of aryl methyl sites for hydroxylation is 1. The second-order valence-electron chi connectivity index (χ2n) is 7.02. The summed E-state index contributed by atoms with van der Waals surface area (Å²) in [5, 5.41) is 3.38. The quantitative estimate of drug-likeness (QED) is 0.799. The highest BCUT2D eigenvalue weighted by Gasteiger charge is 2.33. The molecule has 1 N–H and O–H groups in total. The Morgan fingerprint density at radius 1 is 1.26 bits per heavy atom. The lowest BCUT2D eigenvalue weighted by molar-refractivity contribution is 0.112. The maximum atomic E-state index is 5.47. The van der Waals surface area contributed by atoms with Crippen LogP contribution in [0.15, 0.2) is 24.3 Å². The number of aromatic nitrogens is 3. The molecule has 2 aromatic rings. The van der Waals surface area contributed by atoms with E-state index in [0.717, 1.165) is 18.1 Å². The van der Waals surface area contributed by atoms with Crippen molar-refractivity contribution in [1.29, 1.82) is 0 Å². The predicted octanol–water partition coefficient (Wildman–Crippen LogP) is 4.38. The third kappa shape index (κ3) is 3.72. The van der Waals surface area contributed by atoms with Crippen LogP contribution < -0.4 is 0 Å². The topological polar surface area (TPSA) is 36.9 Å². The van der Waals surface area contributed by atoms with Crippen LogP contribution in [0.1, 0.15) is 39.2 Å². The average molecular weight is 331 g/mol. The summed E-state index contributed by atoms with van der Waals surface area (Å²) in [6.07, 6.45) is 2.59. The van der Waals surface area contributed by atoms with E-state index in [1.54, 1.807) is 0 Å². The molecule has 1 atom stereocenters. The number of hydrogen-bond acceptors (Lipinski definition) is 3. The van der Waals surface area contributed by atoms with Crippen molar-refractivity contribution in [3.63, 3.8) is 0 Å². The minimum Gasteiger partial charge on any atom is -0.278 e. The fraction of sp³-hybridized carbons (Fsp3) is 0.556. The molecule has 4 nitrogen and oxygen atoms in total. The van der Waals surface area contributed by atoms with E-state index in [1.165, 1.54) is 18.4 Å². The van der Waals surface area contributed by atoms with Crippen molar-refractivity contribution < 1.29 is 0 Å². The summed E-state index contributed by atoms with van der Waals surface area (Å²) in [6.45, 7) is 9.75. The highest BCUT2D eigenvalue weighted by molar-refractivity contribution is 7.71. The van der Waals surface area contributed by atoms with E-state index in [4.69, 9.17) is 12.2 Å². The van der Waals surface area contributed by atoms with Crippen LogP contribution in [0.3, 0.4) is 0 Å². The van der Waals surface area contributed by atoms with Crippen LogP contribution in [-0.4, -0.2) is 31.7 Å². The lowest BCUT2D eigenvalue weighted by atomic mass is 10.1. The molecule has 3 rings (SSSR count). The third-order valence-corrected chi connectivity index (χ3v) is 5.12. The van der Waals surface area contributed by atoms with E-state index in [2.05, 4.69) is 66.9 Å². The molecule has 1 heterocycles. The molecule has 1 aliphatic rings. The number of hydrogen-bond donors (Lipinski definition) is 1. The Kier molecular flexibility index (Phi) is 4.69. The molecule has 5 heteroatoms. The Bertz CT molecular complexity index is 709. The molecule has 1 fully saturated rings. The van der Waals surface area contributed by atoms with E-state index in [9.17, 15) is 0 Å². The molecule has 0 spiro atoms. The van der Waals surface area contributed by atoms with Gasteiger partial charge >= 0.3 is 0 Å². The van der Waals surface area contributed by atoms with Crippen LogP contribution >= 0.6 is 12.2 Å². The zero-order valence-electron chi connectivity index (χ0n) is 14.4. The molecule has 0 bridgehead atoms. The Morgan fingerprint density at radius 3 is 2.48 bits per heavy atom. The number of rotatable bonds is 6. The second-order valence-corrected chi connectivity index (χ2v) is 7.39. The van der Waals surface area contributed by atoms with Gasteiger partial charge in [-0.15, -0.1) is 0 Å². The fourth-order valence-electron chi connectivity index (χ4n) is 2.82. The summed E-state index contributed by atoms with van der Waals surface area (Å²) >= 11 is 5.47. The first kappa shape index (κ1) is 16.4. The number of benzene rings is 1. The molecule has 124 valence electrons. The highest BCUT2D eigenvalue weighted by atomic mass is 32.1. The molecule has 0 unspecified atom stereocenters. The van der Waals surface area contributed by atoms with Gasteiger partial charge in [0.05, 0.1) is 6.67 Å². The molecule has 1 aromatic heterocycles. The van der Waals surface area contributed by atoms with Gasteiger partial charge in [0, 0.05) is 17.6 Å². The molecule has 1 aromatic carbocycles. The molecular weight excluding hydrogens is 304 g/mol. The van der Waals surface area contributed by atoms with Gasteiger partial charge in [-0.1, -0.05) is 43.7 Å². The monoisotopic (exact) mass is 330 g/mol. The minimum atomic E-state index is 0.538. The zero-order chi connectivity index (χ0) is 16.6. The summed E-state index contributed by atoms with van der Waals surface area (Å²) in [7, 11) is 0. The van der Waals surface area contributed by atoms with Crippen molar-refractivity contribution in [3.8, 4) is 11.4 Å². The van der Waals surface area contributed by atoms with Crippen LogP contribution in [0, 0.1) is 17.6 Å². The van der Waals surface area contributed by atoms with Crippen molar-refractivity contribution in [3.05, 3.63) is 34.6 Å². The lowest BCUT2D eigenvalue weighted by Gasteiger charge is -2.31. The molecule has 0 saturated heterocycles. The summed E-state index contributed by atoms with van der Waals surface area (Å²) in [4.78, 5) is 7.10. The van der Waals surface area contributed by atoms with Gasteiger partial charge in [0.25, 0.3) is 0 Å². The Labute approximate surface area is 143 Å². The summed E-state index contributed by atoms with van der Waals surface area (Å²) in [5.41, 5.74) is 2.33. The van der Waals surface area contributed by atoms with Crippen LogP contribution in [0.5, 0.6) is 0 Å². The highest BCUT2D eigenvalue weighted by Crippen LogP contribution is 2.31. The van der Waals surface area contributed by atoms with Gasteiger partial charge in [0.2, 0.25) is 4.77 Å². The van der Waals surface area contributed by atoms with Gasteiger partial charge < -0.3 is 0 Å². The van der Waals surface area contributed by atoms with Gasteiger partial charge in [-0.3, -0.25) is 10.00 Å². The van der Waals surface area contributed by atoms with Crippen LogP contribution in [0.25, 0.3) is 11.4 Å². The molecule has 0 aliphatic heterocycles. The first-order valence-electron chi connectivity index (χ1n) is 8.45. The number of aromatic amines is 1. The van der Waals surface area contributed by atoms with Crippen molar-refractivity contribution >= 4 is 12.2 Å². The van der Waals surface area contributed by atoms with E-state index in [1.807, 2.05) is 4.68 Å². The number of H-pyrrole nitrogens is 1. The van der Waals surface area contributed by atoms with Crippen LogP contribution in [0.4, 0.5) is 0 Å². The molecule has 0 radical (unpaired) electrons. The summed E-state index contributed by atoms with van der Waals surface area (Å²) < 4.78 is 2.63. The van der Waals surface area contributed by atoms with E-state index >= 15 is 0 Å². The third-order valence-electron chi connectivity index (χ3n) is 4.81. The van der Waals surface area contributed by atoms with Crippen molar-refractivity contribution in [2.24, 2.45) is 5.92 Å². The molecule has 1 saturated carbocycles. The van der Waals surface area contributed by atoms with Gasteiger partial charge in [0.15, 0.2) is 5.82 Å². The van der Waals surface area contributed by atoms with E-state index in [0.29, 0.717) is 22.8 Å². The molecule has 1 aliphatic carbocycles. The predicted molar refractivity (Wildman–Crippen MR) is 96.7 cm³/mol. The Hall–Kier alpha value is -1.46. The first-order valence-corrected chi connectivity index (χ1v) is 8.86. The molecular formula is C18H26N4S. The summed E-state index contributed by atoms with van der Waals surface area (Å²) in [6, 6.07) is 9.60. The average Bonchev–Trinajstić information content (AvgIpc) is 3.29. The Balaban J connectivity index is 1.83. The number of nitrogens with zero attached hydrogens (tertiary/aromatic N) is 3. The second kappa shape index (κ2) is 6.57. The van der Waals surface area contributed by atoms with Gasteiger partial charge in [-0.2, -0.15) is 4.98 Å². The van der Waals surface area contributed by atoms with E-state index in [-0.39, 0.29) is 0 Å². The molecule has 0 amide bonds. The van der Waals surface area contributed by atoms with Crippen molar-refractivity contribution in [2.45, 2.75) is 59.3 Å².